The number of ether oxygens (including phenoxy) is 1. The van der Waals surface area contributed by atoms with Gasteiger partial charge in [-0.2, -0.15) is 0 Å². The van der Waals surface area contributed by atoms with Crippen LogP contribution in [0.15, 0.2) is 36.4 Å². The van der Waals surface area contributed by atoms with Crippen molar-refractivity contribution in [2.75, 3.05) is 7.05 Å². The molecular weight excluding hydrogens is 270 g/mol. The Labute approximate surface area is 125 Å². The van der Waals surface area contributed by atoms with Crippen molar-refractivity contribution >= 4 is 11.6 Å². The van der Waals surface area contributed by atoms with Gasteiger partial charge in [-0.05, 0) is 38.1 Å². The first kappa shape index (κ1) is 14.9. The Morgan fingerprint density at radius 2 is 1.90 bits per heavy atom. The van der Waals surface area contributed by atoms with Crippen LogP contribution in [0.25, 0.3) is 0 Å². The van der Waals surface area contributed by atoms with Crippen LogP contribution >= 0.6 is 11.6 Å². The van der Waals surface area contributed by atoms with E-state index in [1.165, 1.54) is 16.7 Å². The summed E-state index contributed by atoms with van der Waals surface area (Å²) in [5.74, 6) is 0.768. The first-order valence-electron chi connectivity index (χ1n) is 6.72. The number of nitrogens with one attached hydrogen (secondary N) is 1. The largest absolute Gasteiger partial charge is 0.487 e. The Hall–Kier alpha value is -1.51. The van der Waals surface area contributed by atoms with Gasteiger partial charge in [-0.1, -0.05) is 47.5 Å². The lowest BCUT2D eigenvalue weighted by Crippen LogP contribution is -2.08. The fourth-order valence-corrected chi connectivity index (χ4v) is 2.40. The molecule has 20 heavy (non-hydrogen) atoms. The van der Waals surface area contributed by atoms with Gasteiger partial charge in [-0.25, -0.2) is 0 Å². The molecule has 0 unspecified atom stereocenters. The predicted molar refractivity (Wildman–Crippen MR) is 84.5 cm³/mol. The van der Waals surface area contributed by atoms with Gasteiger partial charge >= 0.3 is 0 Å². The Bertz CT molecular complexity index is 596. The van der Waals surface area contributed by atoms with E-state index in [1.807, 2.05) is 25.2 Å². The maximum Gasteiger partial charge on any atom is 0.142 e. The summed E-state index contributed by atoms with van der Waals surface area (Å²) < 4.78 is 5.97. The highest BCUT2D eigenvalue weighted by molar-refractivity contribution is 6.32. The molecule has 3 heteroatoms. The zero-order valence-corrected chi connectivity index (χ0v) is 12.9. The summed E-state index contributed by atoms with van der Waals surface area (Å²) in [4.78, 5) is 0. The van der Waals surface area contributed by atoms with E-state index in [4.69, 9.17) is 16.3 Å². The van der Waals surface area contributed by atoms with Crippen molar-refractivity contribution in [2.24, 2.45) is 0 Å². The third kappa shape index (κ3) is 3.53. The van der Waals surface area contributed by atoms with E-state index in [1.54, 1.807) is 0 Å². The number of hydrogen-bond acceptors (Lipinski definition) is 2. The van der Waals surface area contributed by atoms with E-state index in [2.05, 4.69) is 37.4 Å². The molecular formula is C17H20ClNO. The molecule has 2 aromatic carbocycles. The van der Waals surface area contributed by atoms with Gasteiger partial charge in [0, 0.05) is 12.1 Å². The van der Waals surface area contributed by atoms with Crippen LogP contribution < -0.4 is 10.1 Å². The van der Waals surface area contributed by atoms with Crippen molar-refractivity contribution in [2.45, 2.75) is 27.0 Å². The Morgan fingerprint density at radius 1 is 1.10 bits per heavy atom. The maximum atomic E-state index is 6.25. The van der Waals surface area contributed by atoms with Crippen LogP contribution in [-0.4, -0.2) is 7.05 Å². The van der Waals surface area contributed by atoms with Crippen molar-refractivity contribution in [1.29, 1.82) is 0 Å². The highest BCUT2D eigenvalue weighted by Crippen LogP contribution is 2.29. The molecule has 1 N–H and O–H groups in total. The van der Waals surface area contributed by atoms with E-state index in [9.17, 15) is 0 Å². The van der Waals surface area contributed by atoms with Gasteiger partial charge < -0.3 is 10.1 Å². The molecule has 0 aliphatic carbocycles. The first-order chi connectivity index (χ1) is 9.61. The summed E-state index contributed by atoms with van der Waals surface area (Å²) in [5, 5.41) is 3.79. The van der Waals surface area contributed by atoms with Crippen LogP contribution in [0.4, 0.5) is 0 Å². The van der Waals surface area contributed by atoms with Crippen molar-refractivity contribution in [3.63, 3.8) is 0 Å². The molecule has 0 saturated carbocycles. The lowest BCUT2D eigenvalue weighted by molar-refractivity contribution is 0.302. The number of aryl methyl sites for hydroxylation is 2. The fourth-order valence-electron chi connectivity index (χ4n) is 2.15. The molecule has 0 saturated heterocycles. The molecule has 0 aromatic heterocycles. The molecule has 0 aliphatic rings. The maximum absolute atomic E-state index is 6.25. The van der Waals surface area contributed by atoms with Crippen LogP contribution in [0.2, 0.25) is 5.02 Å². The molecule has 2 nitrogen and oxygen atoms in total. The summed E-state index contributed by atoms with van der Waals surface area (Å²) in [6.07, 6.45) is 0. The highest BCUT2D eigenvalue weighted by atomic mass is 35.5. The Kier molecular flexibility index (Phi) is 5.05. The number of benzene rings is 2. The van der Waals surface area contributed by atoms with E-state index >= 15 is 0 Å². The first-order valence-corrected chi connectivity index (χ1v) is 7.10. The monoisotopic (exact) mass is 289 g/mol. The predicted octanol–water partition coefficient (Wildman–Crippen LogP) is 4.26. The normalized spacial score (nSPS) is 10.6. The van der Waals surface area contributed by atoms with Gasteiger partial charge in [0.15, 0.2) is 0 Å². The molecule has 2 aromatic rings. The lowest BCUT2D eigenvalue weighted by Gasteiger charge is -2.14. The summed E-state index contributed by atoms with van der Waals surface area (Å²) in [6, 6.07) is 12.2. The van der Waals surface area contributed by atoms with Gasteiger partial charge in [-0.3, -0.25) is 0 Å². The van der Waals surface area contributed by atoms with Crippen molar-refractivity contribution < 1.29 is 4.74 Å². The Balaban J connectivity index is 2.20. The zero-order valence-electron chi connectivity index (χ0n) is 12.2. The van der Waals surface area contributed by atoms with Crippen LogP contribution in [0.1, 0.15) is 22.3 Å². The lowest BCUT2D eigenvalue weighted by atomic mass is 10.1. The molecule has 106 valence electrons. The number of hydrogen-bond donors (Lipinski definition) is 1. The SMILES string of the molecule is CNCc1cccc(Cl)c1OCc1cc(C)ccc1C. The minimum atomic E-state index is 0.536. The topological polar surface area (TPSA) is 21.3 Å². The quantitative estimate of drug-likeness (QED) is 0.888. The summed E-state index contributed by atoms with van der Waals surface area (Å²) in [6.45, 7) is 5.46. The van der Waals surface area contributed by atoms with Crippen LogP contribution in [0.5, 0.6) is 5.75 Å². The van der Waals surface area contributed by atoms with Gasteiger partial charge in [0.25, 0.3) is 0 Å². The third-order valence-electron chi connectivity index (χ3n) is 3.29. The second kappa shape index (κ2) is 6.78. The van der Waals surface area contributed by atoms with E-state index in [0.717, 1.165) is 17.9 Å². The summed E-state index contributed by atoms with van der Waals surface area (Å²) in [5.41, 5.74) is 4.74. The molecule has 0 aliphatic heterocycles. The smallest absolute Gasteiger partial charge is 0.142 e. The molecule has 0 amide bonds. The van der Waals surface area contributed by atoms with Crippen LogP contribution in [-0.2, 0) is 13.2 Å². The second-order valence-electron chi connectivity index (χ2n) is 4.98. The zero-order chi connectivity index (χ0) is 14.5. The highest BCUT2D eigenvalue weighted by Gasteiger charge is 2.09. The van der Waals surface area contributed by atoms with E-state index in [0.29, 0.717) is 11.6 Å². The minimum absolute atomic E-state index is 0.536. The molecule has 2 rings (SSSR count). The second-order valence-corrected chi connectivity index (χ2v) is 5.38. The van der Waals surface area contributed by atoms with Crippen LogP contribution in [0.3, 0.4) is 0 Å². The van der Waals surface area contributed by atoms with Crippen molar-refractivity contribution in [1.82, 2.24) is 5.32 Å². The van der Waals surface area contributed by atoms with Crippen molar-refractivity contribution in [3.8, 4) is 5.75 Å². The van der Waals surface area contributed by atoms with Gasteiger partial charge in [0.2, 0.25) is 0 Å². The number of rotatable bonds is 5. The number of halogens is 1. The van der Waals surface area contributed by atoms with E-state index in [-0.39, 0.29) is 0 Å². The minimum Gasteiger partial charge on any atom is -0.487 e. The van der Waals surface area contributed by atoms with E-state index < -0.39 is 0 Å². The van der Waals surface area contributed by atoms with Crippen molar-refractivity contribution in [3.05, 3.63) is 63.7 Å². The summed E-state index contributed by atoms with van der Waals surface area (Å²) in [7, 11) is 1.91. The third-order valence-corrected chi connectivity index (χ3v) is 3.59. The fraction of sp³-hybridized carbons (Fsp3) is 0.294. The molecule has 0 heterocycles. The molecule has 0 radical (unpaired) electrons. The molecule has 0 fully saturated rings. The van der Waals surface area contributed by atoms with Gasteiger partial charge in [-0.15, -0.1) is 0 Å². The average Bonchev–Trinajstić information content (AvgIpc) is 2.42. The van der Waals surface area contributed by atoms with Gasteiger partial charge in [0.1, 0.15) is 12.4 Å². The molecule has 0 bridgehead atoms. The average molecular weight is 290 g/mol. The van der Waals surface area contributed by atoms with Crippen LogP contribution in [0, 0.1) is 13.8 Å². The summed E-state index contributed by atoms with van der Waals surface area (Å²) >= 11 is 6.25. The van der Waals surface area contributed by atoms with Gasteiger partial charge in [0.05, 0.1) is 5.02 Å². The standard InChI is InChI=1S/C17H20ClNO/c1-12-7-8-13(2)15(9-12)11-20-17-14(10-19-3)5-4-6-16(17)18/h4-9,19H,10-11H2,1-3H3. The Morgan fingerprint density at radius 3 is 2.65 bits per heavy atom. The molecule has 0 spiro atoms. The number of para-hydroxylation sites is 1. The molecule has 0 atom stereocenters.